The SMILES string of the molecule is CCOC(=O)CCNC(=O)C1(N)CCC1. The lowest BCUT2D eigenvalue weighted by molar-refractivity contribution is -0.143. The van der Waals surface area contributed by atoms with Gasteiger partial charge < -0.3 is 15.8 Å². The van der Waals surface area contributed by atoms with Gasteiger partial charge in [0.2, 0.25) is 5.91 Å². The van der Waals surface area contributed by atoms with E-state index in [1.807, 2.05) is 0 Å². The second-order valence-electron chi connectivity index (χ2n) is 3.82. The molecule has 15 heavy (non-hydrogen) atoms. The summed E-state index contributed by atoms with van der Waals surface area (Å²) in [5, 5.41) is 2.65. The Labute approximate surface area is 89.3 Å². The number of carbonyl (C=O) groups excluding carboxylic acids is 2. The van der Waals surface area contributed by atoms with Crippen LogP contribution in [0.15, 0.2) is 0 Å². The third-order valence-corrected chi connectivity index (χ3v) is 2.62. The Morgan fingerprint density at radius 3 is 2.60 bits per heavy atom. The molecule has 0 heterocycles. The number of nitrogens with two attached hydrogens (primary N) is 1. The highest BCUT2D eigenvalue weighted by molar-refractivity contribution is 5.87. The van der Waals surface area contributed by atoms with Crippen molar-refractivity contribution in [1.29, 1.82) is 0 Å². The summed E-state index contributed by atoms with van der Waals surface area (Å²) in [6.07, 6.45) is 2.67. The first kappa shape index (κ1) is 12.0. The first-order chi connectivity index (χ1) is 7.08. The van der Waals surface area contributed by atoms with Gasteiger partial charge in [-0.1, -0.05) is 0 Å². The molecule has 1 fully saturated rings. The topological polar surface area (TPSA) is 81.4 Å². The summed E-state index contributed by atoms with van der Waals surface area (Å²) in [4.78, 5) is 22.5. The molecule has 0 aromatic rings. The zero-order valence-corrected chi connectivity index (χ0v) is 9.04. The standard InChI is InChI=1S/C10H18N2O3/c1-2-15-8(13)4-7-12-9(14)10(11)5-3-6-10/h2-7,11H2,1H3,(H,12,14). The average molecular weight is 214 g/mol. The highest BCUT2D eigenvalue weighted by atomic mass is 16.5. The van der Waals surface area contributed by atoms with Crippen molar-refractivity contribution in [1.82, 2.24) is 5.32 Å². The van der Waals surface area contributed by atoms with Gasteiger partial charge in [-0.15, -0.1) is 0 Å². The van der Waals surface area contributed by atoms with Crippen LogP contribution in [0.25, 0.3) is 0 Å². The van der Waals surface area contributed by atoms with E-state index in [4.69, 9.17) is 10.5 Å². The molecule has 0 saturated heterocycles. The molecule has 0 aromatic heterocycles. The second-order valence-corrected chi connectivity index (χ2v) is 3.82. The summed E-state index contributed by atoms with van der Waals surface area (Å²) in [5.41, 5.74) is 5.11. The van der Waals surface area contributed by atoms with Crippen molar-refractivity contribution in [3.8, 4) is 0 Å². The molecule has 5 heteroatoms. The minimum Gasteiger partial charge on any atom is -0.466 e. The van der Waals surface area contributed by atoms with Crippen LogP contribution in [0.1, 0.15) is 32.6 Å². The molecule has 1 amide bonds. The first-order valence-corrected chi connectivity index (χ1v) is 5.31. The molecular weight excluding hydrogens is 196 g/mol. The van der Waals surface area contributed by atoms with Gasteiger partial charge in [-0.3, -0.25) is 9.59 Å². The molecule has 1 aliphatic carbocycles. The van der Waals surface area contributed by atoms with E-state index in [1.165, 1.54) is 0 Å². The Morgan fingerprint density at radius 1 is 1.47 bits per heavy atom. The van der Waals surface area contributed by atoms with Crippen LogP contribution in [0, 0.1) is 0 Å². The molecule has 0 unspecified atom stereocenters. The number of rotatable bonds is 5. The number of ether oxygens (including phenoxy) is 1. The van der Waals surface area contributed by atoms with Gasteiger partial charge in [-0.2, -0.15) is 0 Å². The molecule has 0 atom stereocenters. The maximum atomic E-state index is 11.5. The third kappa shape index (κ3) is 3.20. The van der Waals surface area contributed by atoms with Gasteiger partial charge in [-0.25, -0.2) is 0 Å². The molecule has 0 aliphatic heterocycles. The summed E-state index contributed by atoms with van der Waals surface area (Å²) in [6.45, 7) is 2.42. The van der Waals surface area contributed by atoms with E-state index in [9.17, 15) is 9.59 Å². The number of amides is 1. The predicted octanol–water partition coefficient (Wildman–Crippen LogP) is -0.0628. The molecule has 5 nitrogen and oxygen atoms in total. The molecule has 1 rings (SSSR count). The van der Waals surface area contributed by atoms with E-state index < -0.39 is 5.54 Å². The Bertz CT molecular complexity index is 249. The molecule has 0 spiro atoms. The summed E-state index contributed by atoms with van der Waals surface area (Å²) in [6, 6.07) is 0. The highest BCUT2D eigenvalue weighted by Gasteiger charge is 2.39. The second kappa shape index (κ2) is 5.11. The van der Waals surface area contributed by atoms with Crippen molar-refractivity contribution in [3.63, 3.8) is 0 Å². The molecular formula is C10H18N2O3. The molecule has 86 valence electrons. The molecule has 0 bridgehead atoms. The summed E-state index contributed by atoms with van der Waals surface area (Å²) < 4.78 is 4.73. The number of hydrogen-bond acceptors (Lipinski definition) is 4. The maximum Gasteiger partial charge on any atom is 0.307 e. The van der Waals surface area contributed by atoms with E-state index in [0.717, 1.165) is 19.3 Å². The largest absolute Gasteiger partial charge is 0.466 e. The average Bonchev–Trinajstić information content (AvgIpc) is 2.14. The molecule has 1 aliphatic rings. The third-order valence-electron chi connectivity index (χ3n) is 2.62. The van der Waals surface area contributed by atoms with Gasteiger partial charge in [0.05, 0.1) is 18.6 Å². The predicted molar refractivity (Wildman–Crippen MR) is 55.0 cm³/mol. The lowest BCUT2D eigenvalue weighted by Gasteiger charge is -2.36. The fourth-order valence-corrected chi connectivity index (χ4v) is 1.47. The smallest absolute Gasteiger partial charge is 0.307 e. The van der Waals surface area contributed by atoms with Gasteiger partial charge in [0, 0.05) is 6.54 Å². The van der Waals surface area contributed by atoms with Crippen LogP contribution in [0.5, 0.6) is 0 Å². The lowest BCUT2D eigenvalue weighted by atomic mass is 9.77. The summed E-state index contributed by atoms with van der Waals surface area (Å²) >= 11 is 0. The fraction of sp³-hybridized carbons (Fsp3) is 0.800. The van der Waals surface area contributed by atoms with Crippen molar-refractivity contribution >= 4 is 11.9 Å². The van der Waals surface area contributed by atoms with Crippen molar-refractivity contribution in [3.05, 3.63) is 0 Å². The number of esters is 1. The van der Waals surface area contributed by atoms with Crippen molar-refractivity contribution in [2.45, 2.75) is 38.1 Å². The number of nitrogens with one attached hydrogen (secondary N) is 1. The summed E-state index contributed by atoms with van der Waals surface area (Å²) in [5.74, 6) is -0.449. The highest BCUT2D eigenvalue weighted by Crippen LogP contribution is 2.28. The molecule has 0 radical (unpaired) electrons. The van der Waals surface area contributed by atoms with E-state index in [-0.39, 0.29) is 18.3 Å². The zero-order valence-electron chi connectivity index (χ0n) is 9.04. The molecule has 3 N–H and O–H groups in total. The number of hydrogen-bond donors (Lipinski definition) is 2. The lowest BCUT2D eigenvalue weighted by Crippen LogP contribution is -2.58. The molecule has 1 saturated carbocycles. The summed E-state index contributed by atoms with van der Waals surface area (Å²) in [7, 11) is 0. The van der Waals surface area contributed by atoms with E-state index in [2.05, 4.69) is 5.32 Å². The van der Waals surface area contributed by atoms with Gasteiger partial charge in [-0.05, 0) is 26.2 Å². The Hall–Kier alpha value is -1.10. The van der Waals surface area contributed by atoms with E-state index in [0.29, 0.717) is 13.2 Å². The van der Waals surface area contributed by atoms with Gasteiger partial charge in [0.1, 0.15) is 0 Å². The minimum absolute atomic E-state index is 0.155. The zero-order chi connectivity index (χ0) is 11.3. The number of carbonyl (C=O) groups is 2. The van der Waals surface area contributed by atoms with Crippen LogP contribution in [0.3, 0.4) is 0 Å². The van der Waals surface area contributed by atoms with E-state index >= 15 is 0 Å². The Kier molecular flexibility index (Phi) is 4.08. The normalized spacial score (nSPS) is 17.7. The van der Waals surface area contributed by atoms with Crippen LogP contribution >= 0.6 is 0 Å². The van der Waals surface area contributed by atoms with Crippen LogP contribution in [-0.2, 0) is 14.3 Å². The monoisotopic (exact) mass is 214 g/mol. The fourth-order valence-electron chi connectivity index (χ4n) is 1.47. The maximum absolute atomic E-state index is 11.5. The van der Waals surface area contributed by atoms with E-state index in [1.54, 1.807) is 6.92 Å². The molecule has 0 aromatic carbocycles. The van der Waals surface area contributed by atoms with Crippen LogP contribution in [0.4, 0.5) is 0 Å². The first-order valence-electron chi connectivity index (χ1n) is 5.31. The Morgan fingerprint density at radius 2 is 2.13 bits per heavy atom. The Balaban J connectivity index is 2.14. The van der Waals surface area contributed by atoms with Crippen molar-refractivity contribution in [2.75, 3.05) is 13.2 Å². The van der Waals surface area contributed by atoms with Crippen molar-refractivity contribution in [2.24, 2.45) is 5.73 Å². The van der Waals surface area contributed by atoms with Crippen molar-refractivity contribution < 1.29 is 14.3 Å². The van der Waals surface area contributed by atoms with Crippen LogP contribution in [-0.4, -0.2) is 30.6 Å². The van der Waals surface area contributed by atoms with Crippen LogP contribution in [0.2, 0.25) is 0 Å². The minimum atomic E-state index is -0.686. The quantitative estimate of drug-likeness (QED) is 0.628. The van der Waals surface area contributed by atoms with Gasteiger partial charge in [0.25, 0.3) is 0 Å². The van der Waals surface area contributed by atoms with Gasteiger partial charge in [0.15, 0.2) is 0 Å². The van der Waals surface area contributed by atoms with Gasteiger partial charge >= 0.3 is 5.97 Å². The van der Waals surface area contributed by atoms with Crippen LogP contribution < -0.4 is 11.1 Å².